The number of anilines is 1. The Morgan fingerprint density at radius 1 is 1.15 bits per heavy atom. The summed E-state index contributed by atoms with van der Waals surface area (Å²) in [6.45, 7) is 1.50. The van der Waals surface area contributed by atoms with Gasteiger partial charge in [0.25, 0.3) is 5.91 Å². The van der Waals surface area contributed by atoms with Crippen LogP contribution in [0.2, 0.25) is 5.02 Å². The van der Waals surface area contributed by atoms with Crippen LogP contribution in [0.15, 0.2) is 42.5 Å². The highest BCUT2D eigenvalue weighted by atomic mass is 35.5. The third-order valence-corrected chi connectivity index (χ3v) is 5.68. The first kappa shape index (κ1) is 19.3. The highest BCUT2D eigenvalue weighted by molar-refractivity contribution is 7.80. The van der Waals surface area contributed by atoms with Gasteiger partial charge in [0, 0.05) is 21.3 Å². The summed E-state index contributed by atoms with van der Waals surface area (Å²) in [4.78, 5) is 24.2. The fraction of sp³-hybridized carbons (Fsp3) is 0.105. The second kappa shape index (κ2) is 8.04. The summed E-state index contributed by atoms with van der Waals surface area (Å²) < 4.78 is 6.05. The van der Waals surface area contributed by atoms with Gasteiger partial charge in [-0.2, -0.15) is 0 Å². The van der Waals surface area contributed by atoms with Crippen molar-refractivity contribution in [2.75, 3.05) is 12.4 Å². The number of Topliss-reactive ketones (excluding diaryl/α,β-unsaturated/α-hetero) is 1. The number of methoxy groups -OCH3 is 1. The smallest absolute Gasteiger partial charge is 0.269 e. The minimum atomic E-state index is -0.391. The third kappa shape index (κ3) is 4.27. The molecule has 138 valence electrons. The van der Waals surface area contributed by atoms with Gasteiger partial charge in [-0.1, -0.05) is 11.6 Å². The Morgan fingerprint density at radius 3 is 2.48 bits per heavy atom. The van der Waals surface area contributed by atoms with Crippen LogP contribution in [0.1, 0.15) is 27.0 Å². The predicted molar refractivity (Wildman–Crippen MR) is 114 cm³/mol. The SMILES string of the molecule is COc1ccc2c(Cl)c(C(=O)NC(=S)Nc3ccc(C(C)=O)cc3)sc2c1. The number of ether oxygens (including phenoxy) is 1. The van der Waals surface area contributed by atoms with Crippen molar-refractivity contribution < 1.29 is 14.3 Å². The Kier molecular flexibility index (Phi) is 5.74. The molecular weight excluding hydrogens is 404 g/mol. The van der Waals surface area contributed by atoms with Gasteiger partial charge < -0.3 is 10.1 Å². The molecule has 1 aromatic heterocycles. The van der Waals surface area contributed by atoms with Gasteiger partial charge >= 0.3 is 0 Å². The van der Waals surface area contributed by atoms with Crippen molar-refractivity contribution in [3.8, 4) is 5.75 Å². The summed E-state index contributed by atoms with van der Waals surface area (Å²) >= 11 is 12.8. The van der Waals surface area contributed by atoms with E-state index in [2.05, 4.69) is 10.6 Å². The average Bonchev–Trinajstić information content (AvgIpc) is 2.98. The minimum Gasteiger partial charge on any atom is -0.497 e. The zero-order valence-electron chi connectivity index (χ0n) is 14.5. The molecule has 0 aliphatic carbocycles. The maximum atomic E-state index is 12.5. The lowest BCUT2D eigenvalue weighted by atomic mass is 10.1. The van der Waals surface area contributed by atoms with Crippen molar-refractivity contribution in [2.24, 2.45) is 0 Å². The number of fused-ring (bicyclic) bond motifs is 1. The molecule has 0 spiro atoms. The lowest BCUT2D eigenvalue weighted by molar-refractivity contribution is 0.0980. The lowest BCUT2D eigenvalue weighted by Crippen LogP contribution is -2.33. The standard InChI is InChI=1S/C19H15ClN2O3S2/c1-10(23)11-3-5-12(6-4-11)21-19(26)22-18(24)17-16(20)14-8-7-13(25-2)9-15(14)27-17/h3-9H,1-2H3,(H2,21,22,24,26). The van der Waals surface area contributed by atoms with Crippen LogP contribution >= 0.6 is 35.2 Å². The van der Waals surface area contributed by atoms with Crippen molar-refractivity contribution in [1.82, 2.24) is 5.32 Å². The summed E-state index contributed by atoms with van der Waals surface area (Å²) in [6, 6.07) is 12.2. The molecule has 8 heteroatoms. The summed E-state index contributed by atoms with van der Waals surface area (Å²) in [7, 11) is 1.58. The van der Waals surface area contributed by atoms with E-state index in [9.17, 15) is 9.59 Å². The molecule has 0 radical (unpaired) electrons. The van der Waals surface area contributed by atoms with E-state index in [4.69, 9.17) is 28.6 Å². The van der Waals surface area contributed by atoms with E-state index < -0.39 is 5.91 Å². The molecule has 2 N–H and O–H groups in total. The van der Waals surface area contributed by atoms with Crippen molar-refractivity contribution >= 4 is 67.7 Å². The highest BCUT2D eigenvalue weighted by Crippen LogP contribution is 2.37. The summed E-state index contributed by atoms with van der Waals surface area (Å²) in [5, 5.41) is 6.83. The average molecular weight is 419 g/mol. The van der Waals surface area contributed by atoms with E-state index in [0.717, 1.165) is 10.1 Å². The molecule has 0 saturated carbocycles. The first-order valence-corrected chi connectivity index (χ1v) is 9.48. The molecule has 0 bridgehead atoms. The number of thiocarbonyl (C=S) groups is 1. The van der Waals surface area contributed by atoms with E-state index in [0.29, 0.717) is 26.9 Å². The van der Waals surface area contributed by atoms with Gasteiger partial charge in [0.2, 0.25) is 0 Å². The number of halogens is 1. The first-order chi connectivity index (χ1) is 12.9. The summed E-state index contributed by atoms with van der Waals surface area (Å²) in [5.74, 6) is 0.282. The monoisotopic (exact) mass is 418 g/mol. The summed E-state index contributed by atoms with van der Waals surface area (Å²) in [5.41, 5.74) is 1.26. The molecule has 0 atom stereocenters. The second-order valence-corrected chi connectivity index (χ2v) is 7.49. The number of nitrogens with one attached hydrogen (secondary N) is 2. The minimum absolute atomic E-state index is 0.0199. The topological polar surface area (TPSA) is 67.4 Å². The number of hydrogen-bond acceptors (Lipinski definition) is 5. The number of amides is 1. The molecule has 3 rings (SSSR count). The fourth-order valence-corrected chi connectivity index (χ4v) is 4.08. The zero-order chi connectivity index (χ0) is 19.6. The zero-order valence-corrected chi connectivity index (χ0v) is 16.8. The van der Waals surface area contributed by atoms with Gasteiger partial charge in [-0.05, 0) is 61.6 Å². The van der Waals surface area contributed by atoms with Crippen LogP contribution in [0.4, 0.5) is 5.69 Å². The van der Waals surface area contributed by atoms with Gasteiger partial charge in [-0.25, -0.2) is 0 Å². The van der Waals surface area contributed by atoms with Crippen LogP contribution < -0.4 is 15.4 Å². The van der Waals surface area contributed by atoms with Gasteiger partial charge in [-0.15, -0.1) is 11.3 Å². The van der Waals surface area contributed by atoms with E-state index in [1.165, 1.54) is 18.3 Å². The molecule has 0 aliphatic rings. The van der Waals surface area contributed by atoms with Crippen LogP contribution in [-0.2, 0) is 0 Å². The molecule has 3 aromatic rings. The van der Waals surface area contributed by atoms with Gasteiger partial charge in [0.05, 0.1) is 12.1 Å². The summed E-state index contributed by atoms with van der Waals surface area (Å²) in [6.07, 6.45) is 0. The third-order valence-electron chi connectivity index (χ3n) is 3.82. The molecule has 1 amide bonds. The molecule has 5 nitrogen and oxygen atoms in total. The normalized spacial score (nSPS) is 10.5. The quantitative estimate of drug-likeness (QED) is 0.466. The number of carbonyl (C=O) groups excluding carboxylic acids is 2. The van der Waals surface area contributed by atoms with Crippen LogP contribution in [-0.4, -0.2) is 23.9 Å². The number of carbonyl (C=O) groups is 2. The molecule has 0 fully saturated rings. The molecule has 1 heterocycles. The van der Waals surface area contributed by atoms with E-state index in [1.54, 1.807) is 37.4 Å². The van der Waals surface area contributed by atoms with Gasteiger partial charge in [-0.3, -0.25) is 14.9 Å². The van der Waals surface area contributed by atoms with Crippen LogP contribution in [0.5, 0.6) is 5.75 Å². The Hall–Kier alpha value is -2.48. The lowest BCUT2D eigenvalue weighted by Gasteiger charge is -2.09. The molecular formula is C19H15ClN2O3S2. The maximum Gasteiger partial charge on any atom is 0.269 e. The largest absolute Gasteiger partial charge is 0.497 e. The van der Waals surface area contributed by atoms with E-state index >= 15 is 0 Å². The predicted octanol–water partition coefficient (Wildman–Crippen LogP) is 4.89. The number of benzene rings is 2. The van der Waals surface area contributed by atoms with E-state index in [1.807, 2.05) is 12.1 Å². The molecule has 0 saturated heterocycles. The molecule has 0 unspecified atom stereocenters. The van der Waals surface area contributed by atoms with Crippen molar-refractivity contribution in [3.05, 3.63) is 57.9 Å². The van der Waals surface area contributed by atoms with E-state index in [-0.39, 0.29) is 10.9 Å². The van der Waals surface area contributed by atoms with Crippen molar-refractivity contribution in [2.45, 2.75) is 6.92 Å². The van der Waals surface area contributed by atoms with Crippen LogP contribution in [0.3, 0.4) is 0 Å². The Morgan fingerprint density at radius 2 is 1.85 bits per heavy atom. The first-order valence-electron chi connectivity index (χ1n) is 7.88. The molecule has 2 aromatic carbocycles. The van der Waals surface area contributed by atoms with Crippen LogP contribution in [0, 0.1) is 0 Å². The van der Waals surface area contributed by atoms with Gasteiger partial charge in [0.15, 0.2) is 10.9 Å². The van der Waals surface area contributed by atoms with Gasteiger partial charge in [0.1, 0.15) is 10.6 Å². The number of thiophene rings is 1. The van der Waals surface area contributed by atoms with Crippen LogP contribution in [0.25, 0.3) is 10.1 Å². The number of ketones is 1. The van der Waals surface area contributed by atoms with Crippen molar-refractivity contribution in [3.63, 3.8) is 0 Å². The Balaban J connectivity index is 1.72. The Bertz CT molecular complexity index is 1050. The second-order valence-electron chi connectivity index (χ2n) is 5.65. The van der Waals surface area contributed by atoms with Crippen molar-refractivity contribution in [1.29, 1.82) is 0 Å². The highest BCUT2D eigenvalue weighted by Gasteiger charge is 2.18. The molecule has 27 heavy (non-hydrogen) atoms. The number of hydrogen-bond donors (Lipinski definition) is 2. The fourth-order valence-electron chi connectivity index (χ4n) is 2.43. The molecule has 0 aliphatic heterocycles. The Labute approximate surface area is 170 Å². The number of rotatable bonds is 4. The maximum absolute atomic E-state index is 12.5.